The Morgan fingerprint density at radius 2 is 1.86 bits per heavy atom. The minimum absolute atomic E-state index is 0.122. The van der Waals surface area contributed by atoms with Crippen LogP contribution in [0.2, 0.25) is 0 Å². The Morgan fingerprint density at radius 1 is 1.20 bits per heavy atom. The first-order valence-corrected chi connectivity index (χ1v) is 12.1. The number of benzene rings is 2. The van der Waals surface area contributed by atoms with Crippen LogP contribution < -0.4 is 5.32 Å². The van der Waals surface area contributed by atoms with Gasteiger partial charge in [-0.05, 0) is 47.7 Å². The molecule has 1 aliphatic rings. The van der Waals surface area contributed by atoms with E-state index < -0.39 is 22.0 Å². The lowest BCUT2D eigenvalue weighted by Gasteiger charge is -2.15. The average molecular weight is 506 g/mol. The number of carboxylic acids is 1. The second-order valence-corrected chi connectivity index (χ2v) is 9.98. The van der Waals surface area contributed by atoms with Gasteiger partial charge in [-0.15, -0.1) is 0 Å². The molecule has 0 spiro atoms. The molecule has 4 rings (SSSR count). The number of H-pyrrole nitrogens is 1. The molecule has 7 nitrogen and oxygen atoms in total. The highest BCUT2D eigenvalue weighted by Crippen LogP contribution is 2.29. The lowest BCUT2D eigenvalue weighted by molar-refractivity contribution is -0.192. The maximum atomic E-state index is 12.0. The Bertz CT molecular complexity index is 1360. The second-order valence-electron chi connectivity index (χ2n) is 7.90. The highest BCUT2D eigenvalue weighted by Gasteiger charge is 2.38. The molecule has 0 fully saturated rings. The Hall–Kier alpha value is -3.62. The van der Waals surface area contributed by atoms with Crippen LogP contribution in [-0.4, -0.2) is 36.4 Å². The third kappa shape index (κ3) is 6.29. The van der Waals surface area contributed by atoms with Crippen LogP contribution in [0.3, 0.4) is 0 Å². The van der Waals surface area contributed by atoms with Crippen LogP contribution in [0, 0.1) is 11.3 Å². The second kappa shape index (κ2) is 10.3. The number of aromatic amines is 1. The van der Waals surface area contributed by atoms with Crippen molar-refractivity contribution in [3.8, 4) is 17.2 Å². The molecule has 1 aromatic heterocycles. The van der Waals surface area contributed by atoms with Crippen molar-refractivity contribution >= 4 is 15.8 Å². The molecular formula is C24H22F3N3O4S. The molecule has 1 unspecified atom stereocenters. The van der Waals surface area contributed by atoms with Crippen LogP contribution in [0.25, 0.3) is 11.1 Å². The van der Waals surface area contributed by atoms with Crippen molar-refractivity contribution < 1.29 is 31.5 Å². The molecule has 0 bridgehead atoms. The Labute approximate surface area is 200 Å². The highest BCUT2D eigenvalue weighted by molar-refractivity contribution is 7.91. The number of carbonyl (C=O) groups is 1. The first-order chi connectivity index (χ1) is 16.4. The van der Waals surface area contributed by atoms with Gasteiger partial charge in [-0.1, -0.05) is 36.4 Å². The van der Waals surface area contributed by atoms with E-state index in [1.165, 1.54) is 0 Å². The van der Waals surface area contributed by atoms with Crippen molar-refractivity contribution in [2.24, 2.45) is 0 Å². The Morgan fingerprint density at radius 3 is 2.46 bits per heavy atom. The molecule has 0 radical (unpaired) electrons. The minimum Gasteiger partial charge on any atom is -0.475 e. The largest absolute Gasteiger partial charge is 0.490 e. The first-order valence-electron chi connectivity index (χ1n) is 10.5. The van der Waals surface area contributed by atoms with Crippen LogP contribution in [0.1, 0.15) is 35.3 Å². The Kier molecular flexibility index (Phi) is 7.67. The average Bonchev–Trinajstić information content (AvgIpc) is 3.38. The number of hydrogen-bond donors (Lipinski definition) is 3. The molecule has 35 heavy (non-hydrogen) atoms. The fourth-order valence-electron chi connectivity index (χ4n) is 3.64. The predicted octanol–water partition coefficient (Wildman–Crippen LogP) is 4.37. The van der Waals surface area contributed by atoms with E-state index >= 15 is 0 Å². The lowest BCUT2D eigenvalue weighted by atomic mass is 10.00. The molecule has 0 saturated heterocycles. The van der Waals surface area contributed by atoms with Gasteiger partial charge in [-0.3, -0.25) is 0 Å². The van der Waals surface area contributed by atoms with Gasteiger partial charge in [0.2, 0.25) is 0 Å². The number of aliphatic carboxylic acids is 1. The molecule has 11 heteroatoms. The zero-order valence-corrected chi connectivity index (χ0v) is 19.4. The Balaban J connectivity index is 0.000000429. The van der Waals surface area contributed by atoms with Crippen molar-refractivity contribution in [1.82, 2.24) is 10.3 Å². The summed E-state index contributed by atoms with van der Waals surface area (Å²) in [6, 6.07) is 18.1. The van der Waals surface area contributed by atoms with E-state index in [-0.39, 0.29) is 11.8 Å². The van der Waals surface area contributed by atoms with E-state index in [1.54, 1.807) is 12.3 Å². The molecule has 1 aliphatic heterocycles. The van der Waals surface area contributed by atoms with Gasteiger partial charge in [0.1, 0.15) is 0 Å². The van der Waals surface area contributed by atoms with Gasteiger partial charge in [0.05, 0.1) is 22.3 Å². The number of alkyl halides is 3. The summed E-state index contributed by atoms with van der Waals surface area (Å²) in [7, 11) is -3.09. The van der Waals surface area contributed by atoms with Crippen LogP contribution in [0.15, 0.2) is 59.6 Å². The number of nitriles is 1. The van der Waals surface area contributed by atoms with Crippen molar-refractivity contribution in [3.63, 3.8) is 0 Å². The molecule has 184 valence electrons. The van der Waals surface area contributed by atoms with Crippen molar-refractivity contribution in [2.45, 2.75) is 37.0 Å². The van der Waals surface area contributed by atoms with Crippen LogP contribution >= 0.6 is 0 Å². The molecule has 0 saturated carbocycles. The molecule has 0 aliphatic carbocycles. The molecule has 1 atom stereocenters. The fourth-order valence-corrected chi connectivity index (χ4v) is 5.17. The van der Waals surface area contributed by atoms with Crippen molar-refractivity contribution in [1.29, 1.82) is 5.26 Å². The summed E-state index contributed by atoms with van der Waals surface area (Å²) < 4.78 is 55.6. The molecule has 2 aromatic carbocycles. The summed E-state index contributed by atoms with van der Waals surface area (Å²) in [4.78, 5) is 12.5. The number of sulfone groups is 1. The third-order valence-electron chi connectivity index (χ3n) is 5.56. The van der Waals surface area contributed by atoms with Crippen LogP contribution in [0.4, 0.5) is 13.2 Å². The number of hydrogen-bond acceptors (Lipinski definition) is 5. The minimum atomic E-state index is -5.08. The van der Waals surface area contributed by atoms with E-state index in [0.717, 1.165) is 27.9 Å². The summed E-state index contributed by atoms with van der Waals surface area (Å²) in [6.45, 7) is 2.68. The number of nitrogens with one attached hydrogen (secondary N) is 2. The van der Waals surface area contributed by atoms with Gasteiger partial charge in [0.15, 0.2) is 9.84 Å². The smallest absolute Gasteiger partial charge is 0.475 e. The van der Waals surface area contributed by atoms with E-state index in [1.807, 2.05) is 18.2 Å². The number of fused-ring (bicyclic) bond motifs is 1. The van der Waals surface area contributed by atoms with Gasteiger partial charge in [0.25, 0.3) is 0 Å². The van der Waals surface area contributed by atoms with Crippen LogP contribution in [0.5, 0.6) is 0 Å². The summed E-state index contributed by atoms with van der Waals surface area (Å²) >= 11 is 0. The normalized spacial score (nSPS) is 14.8. The highest BCUT2D eigenvalue weighted by atomic mass is 32.2. The zero-order chi connectivity index (χ0) is 25.8. The predicted molar refractivity (Wildman–Crippen MR) is 122 cm³/mol. The fraction of sp³-hybridized carbons (Fsp3) is 0.250. The number of halogens is 3. The molecule has 3 N–H and O–H groups in total. The topological polar surface area (TPSA) is 123 Å². The number of rotatable bonds is 5. The monoisotopic (exact) mass is 505 g/mol. The quantitative estimate of drug-likeness (QED) is 0.473. The van der Waals surface area contributed by atoms with E-state index in [4.69, 9.17) is 15.2 Å². The maximum Gasteiger partial charge on any atom is 0.490 e. The number of aromatic nitrogens is 1. The van der Waals surface area contributed by atoms with Gasteiger partial charge in [-0.25, -0.2) is 13.2 Å². The van der Waals surface area contributed by atoms with Gasteiger partial charge in [-0.2, -0.15) is 18.4 Å². The third-order valence-corrected chi connectivity index (χ3v) is 7.33. The van der Waals surface area contributed by atoms with Crippen LogP contribution in [-0.2, 0) is 27.6 Å². The molecular weight excluding hydrogens is 483 g/mol. The molecule has 3 aromatic rings. The number of nitrogens with zero attached hydrogens (tertiary/aromatic N) is 1. The molecule has 2 heterocycles. The standard InChI is InChI=1S/C22H21N3O2S.C2HF3O2/c1-15(24-13-21-20-9-10-28(26,27)22(20)14-25-21)17-5-7-18(8-6-17)19-4-2-3-16(11-19)12-23;3-2(4,5)1(6)7/h2-8,11,14-15,24-25H,9-10,13H2,1H3;(H,6,7). The van der Waals surface area contributed by atoms with E-state index in [9.17, 15) is 21.6 Å². The van der Waals surface area contributed by atoms with Gasteiger partial charge >= 0.3 is 12.1 Å². The van der Waals surface area contributed by atoms with Gasteiger partial charge in [0, 0.05) is 24.5 Å². The van der Waals surface area contributed by atoms with E-state index in [2.05, 4.69) is 47.6 Å². The summed E-state index contributed by atoms with van der Waals surface area (Å²) in [6.07, 6.45) is -2.88. The summed E-state index contributed by atoms with van der Waals surface area (Å²) in [5, 5.41) is 19.6. The zero-order valence-electron chi connectivity index (χ0n) is 18.6. The lowest BCUT2D eigenvalue weighted by Crippen LogP contribution is -2.21. The van der Waals surface area contributed by atoms with Gasteiger partial charge < -0.3 is 15.4 Å². The summed E-state index contributed by atoms with van der Waals surface area (Å²) in [5.74, 6) is -2.55. The summed E-state index contributed by atoms with van der Waals surface area (Å²) in [5.41, 5.74) is 5.77. The molecule has 0 amide bonds. The van der Waals surface area contributed by atoms with Crippen molar-refractivity contribution in [2.75, 3.05) is 5.75 Å². The SMILES string of the molecule is CC(NCc1[nH]cc2c1CCS2(=O)=O)c1ccc(-c2cccc(C#N)c2)cc1.O=C(O)C(F)(F)F. The van der Waals surface area contributed by atoms with E-state index in [0.29, 0.717) is 23.4 Å². The first kappa shape index (κ1) is 26.0. The maximum absolute atomic E-state index is 12.0. The number of carboxylic acid groups (broad SMARTS) is 1. The van der Waals surface area contributed by atoms with Crippen molar-refractivity contribution in [3.05, 3.63) is 77.1 Å².